The predicted molar refractivity (Wildman–Crippen MR) is 63.6 cm³/mol. The molecular weight excluding hydrogens is 222 g/mol. The highest BCUT2D eigenvalue weighted by Gasteiger charge is 2.06. The van der Waals surface area contributed by atoms with E-state index < -0.39 is 10.9 Å². The maximum atomic E-state index is 10.6. The zero-order valence-corrected chi connectivity index (χ0v) is 9.42. The summed E-state index contributed by atoms with van der Waals surface area (Å²) in [5, 5.41) is 19.1. The fraction of sp³-hybridized carbons (Fsp3) is 0.250. The van der Waals surface area contributed by atoms with Crippen LogP contribution in [0.4, 0.5) is 5.69 Å². The first kappa shape index (κ1) is 12.9. The number of nitro groups is 1. The van der Waals surface area contributed by atoms with Gasteiger partial charge in [-0.3, -0.25) is 14.9 Å². The summed E-state index contributed by atoms with van der Waals surface area (Å²) in [4.78, 5) is 20.5. The van der Waals surface area contributed by atoms with Crippen molar-refractivity contribution < 1.29 is 14.8 Å². The Balaban J connectivity index is 2.81. The highest BCUT2D eigenvalue weighted by molar-refractivity contribution is 5.69. The molecule has 90 valence electrons. The molecule has 0 aliphatic heterocycles. The molecule has 0 bridgehead atoms. The van der Waals surface area contributed by atoms with Gasteiger partial charge in [0.2, 0.25) is 0 Å². The van der Waals surface area contributed by atoms with Crippen LogP contribution in [0.5, 0.6) is 0 Å². The van der Waals surface area contributed by atoms with E-state index in [1.807, 2.05) is 0 Å². The fourth-order valence-corrected chi connectivity index (χ4v) is 1.39. The predicted octanol–water partition coefficient (Wildman–Crippen LogP) is 2.86. The van der Waals surface area contributed by atoms with E-state index in [4.69, 9.17) is 5.11 Å². The summed E-state index contributed by atoms with van der Waals surface area (Å²) in [6, 6.07) is 6.28. The first-order valence-corrected chi connectivity index (χ1v) is 5.14. The Kier molecular flexibility index (Phi) is 4.39. The number of allylic oxidation sites excluding steroid dienone is 2. The van der Waals surface area contributed by atoms with Crippen LogP contribution in [0.25, 0.3) is 5.57 Å². The monoisotopic (exact) mass is 235 g/mol. The second kappa shape index (κ2) is 5.79. The maximum absolute atomic E-state index is 10.6. The summed E-state index contributed by atoms with van der Waals surface area (Å²) in [6.45, 7) is 1.81. The fourth-order valence-electron chi connectivity index (χ4n) is 1.39. The molecule has 17 heavy (non-hydrogen) atoms. The van der Waals surface area contributed by atoms with Crippen molar-refractivity contribution in [2.45, 2.75) is 19.8 Å². The van der Waals surface area contributed by atoms with Gasteiger partial charge in [-0.05, 0) is 24.5 Å². The van der Waals surface area contributed by atoms with Crippen LogP contribution < -0.4 is 0 Å². The average molecular weight is 235 g/mol. The van der Waals surface area contributed by atoms with Crippen molar-refractivity contribution in [3.63, 3.8) is 0 Å². The average Bonchev–Trinajstić information content (AvgIpc) is 2.28. The van der Waals surface area contributed by atoms with Crippen molar-refractivity contribution in [3.8, 4) is 0 Å². The third kappa shape index (κ3) is 4.06. The van der Waals surface area contributed by atoms with Crippen LogP contribution in [0.15, 0.2) is 30.3 Å². The highest BCUT2D eigenvalue weighted by atomic mass is 16.6. The molecule has 0 heterocycles. The molecule has 0 spiro atoms. The molecule has 5 nitrogen and oxygen atoms in total. The van der Waals surface area contributed by atoms with Gasteiger partial charge in [-0.25, -0.2) is 0 Å². The quantitative estimate of drug-likeness (QED) is 0.628. The van der Waals surface area contributed by atoms with Crippen molar-refractivity contribution in [1.82, 2.24) is 0 Å². The third-order valence-corrected chi connectivity index (χ3v) is 2.32. The van der Waals surface area contributed by atoms with Gasteiger partial charge in [-0.2, -0.15) is 0 Å². The Morgan fingerprint density at radius 2 is 2.24 bits per heavy atom. The lowest BCUT2D eigenvalue weighted by Gasteiger charge is -2.01. The second-order valence-corrected chi connectivity index (χ2v) is 3.63. The van der Waals surface area contributed by atoms with Gasteiger partial charge in [0.15, 0.2) is 0 Å². The number of carbonyl (C=O) groups is 1. The number of nitrogens with zero attached hydrogens (tertiary/aromatic N) is 1. The summed E-state index contributed by atoms with van der Waals surface area (Å²) in [6.07, 6.45) is 2.25. The van der Waals surface area contributed by atoms with Crippen LogP contribution in [0, 0.1) is 10.1 Å². The first-order valence-electron chi connectivity index (χ1n) is 5.14. The topological polar surface area (TPSA) is 80.4 Å². The van der Waals surface area contributed by atoms with Gasteiger partial charge in [0.05, 0.1) is 4.92 Å². The van der Waals surface area contributed by atoms with Gasteiger partial charge in [-0.1, -0.05) is 18.2 Å². The molecule has 1 N–H and O–H groups in total. The molecule has 0 unspecified atom stereocenters. The van der Waals surface area contributed by atoms with Crippen LogP contribution in [0.2, 0.25) is 0 Å². The van der Waals surface area contributed by atoms with E-state index in [1.165, 1.54) is 12.1 Å². The van der Waals surface area contributed by atoms with Crippen molar-refractivity contribution >= 4 is 17.2 Å². The number of nitro benzene ring substituents is 1. The van der Waals surface area contributed by atoms with Crippen molar-refractivity contribution in [3.05, 3.63) is 46.0 Å². The summed E-state index contributed by atoms with van der Waals surface area (Å²) in [7, 11) is 0. The van der Waals surface area contributed by atoms with Gasteiger partial charge >= 0.3 is 5.97 Å². The van der Waals surface area contributed by atoms with Gasteiger partial charge in [-0.15, -0.1) is 0 Å². The minimum atomic E-state index is -0.854. The molecule has 0 aromatic heterocycles. The molecule has 0 saturated heterocycles. The van der Waals surface area contributed by atoms with Crippen LogP contribution in [0.3, 0.4) is 0 Å². The van der Waals surface area contributed by atoms with Crippen LogP contribution in [-0.4, -0.2) is 16.0 Å². The molecule has 1 aromatic carbocycles. The number of rotatable bonds is 5. The molecule has 1 aromatic rings. The van der Waals surface area contributed by atoms with E-state index >= 15 is 0 Å². The third-order valence-electron chi connectivity index (χ3n) is 2.32. The smallest absolute Gasteiger partial charge is 0.303 e. The Morgan fingerprint density at radius 3 is 2.82 bits per heavy atom. The lowest BCUT2D eigenvalue weighted by molar-refractivity contribution is -0.384. The maximum Gasteiger partial charge on any atom is 0.303 e. The minimum absolute atomic E-state index is 0.0356. The number of hydrogen-bond acceptors (Lipinski definition) is 3. The van der Waals surface area contributed by atoms with Crippen molar-refractivity contribution in [2.75, 3.05) is 0 Å². The molecule has 5 heteroatoms. The number of carboxylic acid groups (broad SMARTS) is 1. The van der Waals surface area contributed by atoms with Gasteiger partial charge < -0.3 is 5.11 Å². The summed E-state index contributed by atoms with van der Waals surface area (Å²) < 4.78 is 0. The Bertz CT molecular complexity index is 465. The van der Waals surface area contributed by atoms with Gasteiger partial charge in [0.1, 0.15) is 0 Å². The summed E-state index contributed by atoms with van der Waals surface area (Å²) in [5.41, 5.74) is 1.62. The molecular formula is C12H13NO4. The van der Waals surface area contributed by atoms with E-state index in [0.717, 1.165) is 11.1 Å². The SMILES string of the molecule is CC(=CCCC(=O)O)c1cccc([N+](=O)[O-])c1. The van der Waals surface area contributed by atoms with E-state index in [1.54, 1.807) is 25.1 Å². The van der Waals surface area contributed by atoms with Gasteiger partial charge in [0.25, 0.3) is 5.69 Å². The van der Waals surface area contributed by atoms with Crippen molar-refractivity contribution in [2.24, 2.45) is 0 Å². The first-order chi connectivity index (χ1) is 8.00. The van der Waals surface area contributed by atoms with E-state index in [2.05, 4.69) is 0 Å². The standard InChI is InChI=1S/C12H13NO4/c1-9(4-2-7-12(14)15)10-5-3-6-11(8-10)13(16)17/h3-6,8H,2,7H2,1H3,(H,14,15). The number of aliphatic carboxylic acids is 1. The molecule has 0 aliphatic rings. The number of hydrogen-bond donors (Lipinski definition) is 1. The molecule has 0 saturated carbocycles. The lowest BCUT2D eigenvalue weighted by atomic mass is 10.1. The number of carboxylic acids is 1. The van der Waals surface area contributed by atoms with E-state index in [9.17, 15) is 14.9 Å². The Labute approximate surface area is 98.5 Å². The largest absolute Gasteiger partial charge is 0.481 e. The molecule has 0 aliphatic carbocycles. The van der Waals surface area contributed by atoms with E-state index in [-0.39, 0.29) is 12.1 Å². The molecule has 0 atom stereocenters. The summed E-state index contributed by atoms with van der Waals surface area (Å²) in [5.74, 6) is -0.854. The number of benzene rings is 1. The minimum Gasteiger partial charge on any atom is -0.481 e. The number of non-ortho nitro benzene ring substituents is 1. The molecule has 1 rings (SSSR count). The van der Waals surface area contributed by atoms with E-state index in [0.29, 0.717) is 6.42 Å². The lowest BCUT2D eigenvalue weighted by Crippen LogP contribution is -1.92. The zero-order valence-electron chi connectivity index (χ0n) is 9.42. The highest BCUT2D eigenvalue weighted by Crippen LogP contribution is 2.20. The molecule has 0 fully saturated rings. The molecule has 0 radical (unpaired) electrons. The second-order valence-electron chi connectivity index (χ2n) is 3.63. The van der Waals surface area contributed by atoms with Crippen LogP contribution in [-0.2, 0) is 4.79 Å². The van der Waals surface area contributed by atoms with Gasteiger partial charge in [0, 0.05) is 18.6 Å². The zero-order chi connectivity index (χ0) is 12.8. The summed E-state index contributed by atoms with van der Waals surface area (Å²) >= 11 is 0. The molecule has 0 amide bonds. The van der Waals surface area contributed by atoms with Crippen molar-refractivity contribution in [1.29, 1.82) is 0 Å². The van der Waals surface area contributed by atoms with Crippen LogP contribution in [0.1, 0.15) is 25.3 Å². The Morgan fingerprint density at radius 1 is 1.53 bits per heavy atom. The Hall–Kier alpha value is -2.17. The normalized spacial score (nSPS) is 11.2. The van der Waals surface area contributed by atoms with Crippen LogP contribution >= 0.6 is 0 Å².